The lowest BCUT2D eigenvalue weighted by Gasteiger charge is -2.15. The molecular formula is C18H20O4S. The highest BCUT2D eigenvalue weighted by atomic mass is 32.2. The van der Waals surface area contributed by atoms with Crippen molar-refractivity contribution in [1.82, 2.24) is 0 Å². The number of rotatable bonds is 6. The minimum atomic E-state index is -1.05. The topological polar surface area (TPSA) is 58.6 Å². The zero-order valence-electron chi connectivity index (χ0n) is 13.4. The lowest BCUT2D eigenvalue weighted by atomic mass is 9.96. The molecule has 0 spiro atoms. The number of benzene rings is 2. The molecule has 0 aliphatic heterocycles. The summed E-state index contributed by atoms with van der Waals surface area (Å²) in [6.07, 6.45) is 2.25. The van der Waals surface area contributed by atoms with E-state index in [2.05, 4.69) is 0 Å². The second-order valence-electron chi connectivity index (χ2n) is 5.08. The van der Waals surface area contributed by atoms with Crippen molar-refractivity contribution in [3.8, 4) is 11.5 Å². The second-order valence-corrected chi connectivity index (χ2v) is 6.46. The Balaban J connectivity index is 2.09. The molecule has 0 N–H and O–H groups in total. The summed E-state index contributed by atoms with van der Waals surface area (Å²) >= 11 is -1.05. The average Bonchev–Trinajstić information content (AvgIpc) is 2.56. The monoisotopic (exact) mass is 332 g/mol. The zero-order chi connectivity index (χ0) is 16.8. The average molecular weight is 332 g/mol. The van der Waals surface area contributed by atoms with Crippen LogP contribution in [0.5, 0.6) is 11.5 Å². The Morgan fingerprint density at radius 3 is 2.13 bits per heavy atom. The maximum absolute atomic E-state index is 12.4. The SMILES string of the molecule is CCC(C(=O)Oc1ccc([S+](C)[O-])cc1)c1ccc(OC)cc1. The fraction of sp³-hybridized carbons (Fsp3) is 0.278. The molecule has 0 heterocycles. The summed E-state index contributed by atoms with van der Waals surface area (Å²) < 4.78 is 21.9. The normalized spacial score (nSPS) is 13.2. The maximum atomic E-state index is 12.4. The van der Waals surface area contributed by atoms with Crippen molar-refractivity contribution in [3.05, 3.63) is 54.1 Å². The van der Waals surface area contributed by atoms with Gasteiger partial charge in [0, 0.05) is 0 Å². The van der Waals surface area contributed by atoms with Crippen LogP contribution in [0, 0.1) is 0 Å². The molecule has 2 rings (SSSR count). The first kappa shape index (κ1) is 17.4. The summed E-state index contributed by atoms with van der Waals surface area (Å²) in [6.45, 7) is 1.94. The predicted octanol–water partition coefficient (Wildman–Crippen LogP) is 3.53. The van der Waals surface area contributed by atoms with Crippen LogP contribution in [0.15, 0.2) is 53.4 Å². The van der Waals surface area contributed by atoms with E-state index in [-0.39, 0.29) is 11.9 Å². The van der Waals surface area contributed by atoms with Crippen LogP contribution >= 0.6 is 0 Å². The molecule has 0 aliphatic carbocycles. The summed E-state index contributed by atoms with van der Waals surface area (Å²) in [4.78, 5) is 13.1. The van der Waals surface area contributed by atoms with Crippen molar-refractivity contribution in [2.24, 2.45) is 0 Å². The summed E-state index contributed by atoms with van der Waals surface area (Å²) in [5, 5.41) is 0. The molecule has 0 saturated heterocycles. The molecule has 2 unspecified atom stereocenters. The Labute approximate surface area is 139 Å². The fourth-order valence-corrected chi connectivity index (χ4v) is 2.78. The highest BCUT2D eigenvalue weighted by Gasteiger charge is 2.21. The first-order valence-corrected chi connectivity index (χ1v) is 8.90. The third-order valence-corrected chi connectivity index (χ3v) is 4.52. The van der Waals surface area contributed by atoms with Crippen LogP contribution in [0.4, 0.5) is 0 Å². The predicted molar refractivity (Wildman–Crippen MR) is 90.4 cm³/mol. The Kier molecular flexibility index (Phi) is 6.07. The first-order chi connectivity index (χ1) is 11.0. The summed E-state index contributed by atoms with van der Waals surface area (Å²) in [5.74, 6) is 0.570. The molecule has 2 aromatic rings. The maximum Gasteiger partial charge on any atom is 0.318 e. The van der Waals surface area contributed by atoms with E-state index in [0.29, 0.717) is 17.1 Å². The molecule has 122 valence electrons. The fourth-order valence-electron chi connectivity index (χ4n) is 2.26. The minimum absolute atomic E-state index is 0.303. The van der Waals surface area contributed by atoms with Crippen LogP contribution in [0.25, 0.3) is 0 Å². The largest absolute Gasteiger partial charge is 0.612 e. The highest BCUT2D eigenvalue weighted by molar-refractivity contribution is 7.90. The lowest BCUT2D eigenvalue weighted by Crippen LogP contribution is -2.18. The first-order valence-electron chi connectivity index (χ1n) is 7.34. The van der Waals surface area contributed by atoms with Crippen molar-refractivity contribution in [3.63, 3.8) is 0 Å². The number of esters is 1. The van der Waals surface area contributed by atoms with Crippen LogP contribution in [-0.4, -0.2) is 23.9 Å². The minimum Gasteiger partial charge on any atom is -0.612 e. The third-order valence-electron chi connectivity index (χ3n) is 3.59. The van der Waals surface area contributed by atoms with E-state index in [1.54, 1.807) is 37.6 Å². The van der Waals surface area contributed by atoms with Gasteiger partial charge in [-0.2, -0.15) is 0 Å². The molecule has 5 heteroatoms. The lowest BCUT2D eigenvalue weighted by molar-refractivity contribution is -0.136. The summed E-state index contributed by atoms with van der Waals surface area (Å²) in [6, 6.07) is 14.1. The highest BCUT2D eigenvalue weighted by Crippen LogP contribution is 2.25. The Bertz CT molecular complexity index is 635. The number of hydrogen-bond donors (Lipinski definition) is 0. The van der Waals surface area contributed by atoms with Gasteiger partial charge in [-0.1, -0.05) is 19.1 Å². The van der Waals surface area contributed by atoms with Crippen LogP contribution in [-0.2, 0) is 16.0 Å². The van der Waals surface area contributed by atoms with E-state index in [1.165, 1.54) is 0 Å². The van der Waals surface area contributed by atoms with E-state index in [1.807, 2.05) is 31.2 Å². The van der Waals surface area contributed by atoms with Crippen LogP contribution in [0.1, 0.15) is 24.8 Å². The molecule has 2 aromatic carbocycles. The van der Waals surface area contributed by atoms with Gasteiger partial charge in [-0.3, -0.25) is 4.79 Å². The van der Waals surface area contributed by atoms with Crippen LogP contribution in [0.2, 0.25) is 0 Å². The van der Waals surface area contributed by atoms with Gasteiger partial charge in [-0.05, 0) is 59.6 Å². The molecular weight excluding hydrogens is 312 g/mol. The van der Waals surface area contributed by atoms with Crippen molar-refractivity contribution < 1.29 is 18.8 Å². The molecule has 0 saturated carbocycles. The standard InChI is InChI=1S/C18H20O4S/c1-4-17(13-5-7-14(21-2)8-6-13)18(19)22-15-9-11-16(12-10-15)23(3)20/h5-12,17H,4H2,1-3H3. The smallest absolute Gasteiger partial charge is 0.318 e. The Morgan fingerprint density at radius 1 is 1.09 bits per heavy atom. The van der Waals surface area contributed by atoms with Gasteiger partial charge in [0.05, 0.1) is 13.0 Å². The van der Waals surface area contributed by atoms with Crippen molar-refractivity contribution in [2.45, 2.75) is 24.2 Å². The molecule has 0 aromatic heterocycles. The molecule has 4 nitrogen and oxygen atoms in total. The van der Waals surface area contributed by atoms with Crippen LogP contribution < -0.4 is 9.47 Å². The van der Waals surface area contributed by atoms with Gasteiger partial charge in [0.25, 0.3) is 0 Å². The molecule has 23 heavy (non-hydrogen) atoms. The van der Waals surface area contributed by atoms with Gasteiger partial charge >= 0.3 is 5.97 Å². The van der Waals surface area contributed by atoms with E-state index >= 15 is 0 Å². The summed E-state index contributed by atoms with van der Waals surface area (Å²) in [5.41, 5.74) is 0.893. The molecule has 0 fully saturated rings. The zero-order valence-corrected chi connectivity index (χ0v) is 14.3. The van der Waals surface area contributed by atoms with Gasteiger partial charge in [0.1, 0.15) is 17.8 Å². The Hall–Kier alpha value is -1.98. The molecule has 0 amide bonds. The van der Waals surface area contributed by atoms with Gasteiger partial charge < -0.3 is 14.0 Å². The Morgan fingerprint density at radius 2 is 1.65 bits per heavy atom. The number of carbonyl (C=O) groups excluding carboxylic acids is 1. The van der Waals surface area contributed by atoms with Crippen LogP contribution in [0.3, 0.4) is 0 Å². The molecule has 0 radical (unpaired) electrons. The number of carbonyl (C=O) groups is 1. The van der Waals surface area contributed by atoms with Gasteiger partial charge in [0.15, 0.2) is 4.90 Å². The molecule has 0 aliphatic rings. The second kappa shape index (κ2) is 8.04. The number of methoxy groups -OCH3 is 1. The van der Waals surface area contributed by atoms with E-state index < -0.39 is 11.2 Å². The van der Waals surface area contributed by atoms with Crippen molar-refractivity contribution in [2.75, 3.05) is 13.4 Å². The third kappa shape index (κ3) is 4.50. The summed E-state index contributed by atoms with van der Waals surface area (Å²) in [7, 11) is 1.60. The van der Waals surface area contributed by atoms with Gasteiger partial charge in [-0.25, -0.2) is 0 Å². The van der Waals surface area contributed by atoms with Gasteiger partial charge in [0.2, 0.25) is 0 Å². The van der Waals surface area contributed by atoms with Crippen molar-refractivity contribution in [1.29, 1.82) is 0 Å². The number of hydrogen-bond acceptors (Lipinski definition) is 4. The van der Waals surface area contributed by atoms with E-state index in [9.17, 15) is 9.35 Å². The molecule has 2 atom stereocenters. The quantitative estimate of drug-likeness (QED) is 0.461. The molecule has 0 bridgehead atoms. The van der Waals surface area contributed by atoms with Crippen molar-refractivity contribution >= 4 is 17.1 Å². The van der Waals surface area contributed by atoms with E-state index in [4.69, 9.17) is 9.47 Å². The van der Waals surface area contributed by atoms with E-state index in [0.717, 1.165) is 11.3 Å². The number of ether oxygens (including phenoxy) is 2. The van der Waals surface area contributed by atoms with Gasteiger partial charge in [-0.15, -0.1) is 0 Å².